The molecule has 128 valence electrons. The van der Waals surface area contributed by atoms with Gasteiger partial charge in [0.2, 0.25) is 15.9 Å². The molecule has 1 aromatic carbocycles. The molecule has 0 radical (unpaired) electrons. The van der Waals surface area contributed by atoms with Gasteiger partial charge in [0.25, 0.3) is 0 Å². The Morgan fingerprint density at radius 1 is 1.13 bits per heavy atom. The second-order valence-corrected chi connectivity index (χ2v) is 7.63. The Hall–Kier alpha value is -1.47. The molecule has 0 aliphatic carbocycles. The van der Waals surface area contributed by atoms with E-state index in [2.05, 4.69) is 0 Å². The highest BCUT2D eigenvalue weighted by molar-refractivity contribution is 7.89. The van der Waals surface area contributed by atoms with Gasteiger partial charge in [0.15, 0.2) is 0 Å². The zero-order valence-corrected chi connectivity index (χ0v) is 14.2. The van der Waals surface area contributed by atoms with Crippen molar-refractivity contribution in [1.82, 2.24) is 9.21 Å². The standard InChI is InChI=1S/C16H23FN2O3S/c1-2-3-5-16(20)18-10-4-11-19(13-12-18)23(21,22)15-8-6-14(17)7-9-15/h6-9H,2-5,10-13H2,1H3. The first-order chi connectivity index (χ1) is 10.9. The second-order valence-electron chi connectivity index (χ2n) is 5.70. The third kappa shape index (κ3) is 4.51. The van der Waals surface area contributed by atoms with Crippen molar-refractivity contribution < 1.29 is 17.6 Å². The van der Waals surface area contributed by atoms with Crippen LogP contribution in [0.2, 0.25) is 0 Å². The van der Waals surface area contributed by atoms with Crippen molar-refractivity contribution >= 4 is 15.9 Å². The summed E-state index contributed by atoms with van der Waals surface area (Å²) in [5.74, 6) is -0.375. The number of hydrogen-bond donors (Lipinski definition) is 0. The molecule has 5 nitrogen and oxygen atoms in total. The minimum Gasteiger partial charge on any atom is -0.341 e. The topological polar surface area (TPSA) is 57.7 Å². The summed E-state index contributed by atoms with van der Waals surface area (Å²) in [5, 5.41) is 0. The van der Waals surface area contributed by atoms with Crippen molar-refractivity contribution in [2.75, 3.05) is 26.2 Å². The van der Waals surface area contributed by atoms with Crippen LogP contribution in [0, 0.1) is 5.82 Å². The van der Waals surface area contributed by atoms with Crippen LogP contribution in [-0.4, -0.2) is 49.7 Å². The van der Waals surface area contributed by atoms with Gasteiger partial charge in [-0.1, -0.05) is 13.3 Å². The predicted octanol–water partition coefficient (Wildman–Crippen LogP) is 2.24. The van der Waals surface area contributed by atoms with Crippen molar-refractivity contribution in [3.63, 3.8) is 0 Å². The average Bonchev–Trinajstić information content (AvgIpc) is 2.79. The molecule has 7 heteroatoms. The number of halogens is 1. The fourth-order valence-corrected chi connectivity index (χ4v) is 4.09. The summed E-state index contributed by atoms with van der Waals surface area (Å²) in [7, 11) is -3.64. The van der Waals surface area contributed by atoms with E-state index in [1.165, 1.54) is 16.4 Å². The number of benzene rings is 1. The molecule has 1 fully saturated rings. The van der Waals surface area contributed by atoms with Gasteiger partial charge in [-0.3, -0.25) is 4.79 Å². The predicted molar refractivity (Wildman–Crippen MR) is 85.9 cm³/mol. The third-order valence-corrected chi connectivity index (χ3v) is 5.92. The zero-order chi connectivity index (χ0) is 16.9. The van der Waals surface area contributed by atoms with Crippen LogP contribution in [0.3, 0.4) is 0 Å². The molecule has 2 rings (SSSR count). The van der Waals surface area contributed by atoms with Gasteiger partial charge in [-0.15, -0.1) is 0 Å². The molecule has 1 saturated heterocycles. The Labute approximate surface area is 137 Å². The van der Waals surface area contributed by atoms with Crippen molar-refractivity contribution in [2.45, 2.75) is 37.5 Å². The van der Waals surface area contributed by atoms with E-state index in [4.69, 9.17) is 0 Å². The molecule has 1 aliphatic heterocycles. The summed E-state index contributed by atoms with van der Waals surface area (Å²) < 4.78 is 39.6. The monoisotopic (exact) mass is 342 g/mol. The fourth-order valence-electron chi connectivity index (χ4n) is 2.63. The molecule has 0 unspecified atom stereocenters. The Morgan fingerprint density at radius 3 is 2.48 bits per heavy atom. The number of sulfonamides is 1. The maximum Gasteiger partial charge on any atom is 0.243 e. The van der Waals surface area contributed by atoms with Crippen LogP contribution in [-0.2, 0) is 14.8 Å². The number of nitrogens with zero attached hydrogens (tertiary/aromatic N) is 2. The van der Waals surface area contributed by atoms with Crippen molar-refractivity contribution in [3.8, 4) is 0 Å². The maximum atomic E-state index is 13.0. The second kappa shape index (κ2) is 7.88. The first-order valence-corrected chi connectivity index (χ1v) is 9.42. The van der Waals surface area contributed by atoms with Crippen LogP contribution in [0.1, 0.15) is 32.6 Å². The third-order valence-electron chi connectivity index (χ3n) is 4.00. The van der Waals surface area contributed by atoms with Gasteiger partial charge in [0.05, 0.1) is 4.90 Å². The van der Waals surface area contributed by atoms with E-state index in [1.54, 1.807) is 4.90 Å². The van der Waals surface area contributed by atoms with Gasteiger partial charge in [-0.05, 0) is 37.1 Å². The first-order valence-electron chi connectivity index (χ1n) is 7.98. The average molecular weight is 342 g/mol. The van der Waals surface area contributed by atoms with E-state index in [0.717, 1.165) is 25.0 Å². The van der Waals surface area contributed by atoms with Gasteiger partial charge in [-0.2, -0.15) is 4.31 Å². The molecule has 23 heavy (non-hydrogen) atoms. The fraction of sp³-hybridized carbons (Fsp3) is 0.562. The molecule has 0 spiro atoms. The summed E-state index contributed by atoms with van der Waals surface area (Å²) in [5.41, 5.74) is 0. The Balaban J connectivity index is 2.04. The highest BCUT2D eigenvalue weighted by Crippen LogP contribution is 2.18. The minimum atomic E-state index is -3.64. The largest absolute Gasteiger partial charge is 0.341 e. The van der Waals surface area contributed by atoms with Gasteiger partial charge in [0, 0.05) is 32.6 Å². The highest BCUT2D eigenvalue weighted by atomic mass is 32.2. The lowest BCUT2D eigenvalue weighted by Crippen LogP contribution is -2.37. The molecule has 0 bridgehead atoms. The number of carbonyl (C=O) groups excluding carboxylic acids is 1. The molecule has 1 amide bonds. The molecular weight excluding hydrogens is 319 g/mol. The first kappa shape index (κ1) is 17.9. The molecule has 0 atom stereocenters. The zero-order valence-electron chi connectivity index (χ0n) is 13.4. The highest BCUT2D eigenvalue weighted by Gasteiger charge is 2.28. The lowest BCUT2D eigenvalue weighted by Gasteiger charge is -2.22. The van der Waals surface area contributed by atoms with Gasteiger partial charge < -0.3 is 4.90 Å². The van der Waals surface area contributed by atoms with Crippen LogP contribution in [0.15, 0.2) is 29.2 Å². The molecule has 1 aromatic rings. The van der Waals surface area contributed by atoms with Crippen LogP contribution in [0.25, 0.3) is 0 Å². The van der Waals surface area contributed by atoms with Gasteiger partial charge >= 0.3 is 0 Å². The molecular formula is C16H23FN2O3S. The lowest BCUT2D eigenvalue weighted by atomic mass is 10.2. The molecule has 1 aliphatic rings. The van der Waals surface area contributed by atoms with Crippen LogP contribution < -0.4 is 0 Å². The molecule has 0 aromatic heterocycles. The summed E-state index contributed by atoms with van der Waals surface area (Å²) in [6.07, 6.45) is 2.94. The van der Waals surface area contributed by atoms with Gasteiger partial charge in [-0.25, -0.2) is 12.8 Å². The van der Waals surface area contributed by atoms with E-state index in [0.29, 0.717) is 32.5 Å². The number of carbonyl (C=O) groups is 1. The number of hydrogen-bond acceptors (Lipinski definition) is 3. The smallest absolute Gasteiger partial charge is 0.243 e. The molecule has 1 heterocycles. The van der Waals surface area contributed by atoms with E-state index < -0.39 is 15.8 Å². The van der Waals surface area contributed by atoms with Crippen LogP contribution in [0.5, 0.6) is 0 Å². The number of amides is 1. The van der Waals surface area contributed by atoms with E-state index >= 15 is 0 Å². The summed E-state index contributed by atoms with van der Waals surface area (Å²) in [4.78, 5) is 13.9. The van der Waals surface area contributed by atoms with Crippen LogP contribution in [0.4, 0.5) is 4.39 Å². The van der Waals surface area contributed by atoms with Crippen molar-refractivity contribution in [2.24, 2.45) is 0 Å². The van der Waals surface area contributed by atoms with Gasteiger partial charge in [0.1, 0.15) is 5.82 Å². The SMILES string of the molecule is CCCCC(=O)N1CCCN(S(=O)(=O)c2ccc(F)cc2)CC1. The Bertz CT molecular complexity index is 631. The van der Waals surface area contributed by atoms with E-state index in [9.17, 15) is 17.6 Å². The van der Waals surface area contributed by atoms with Crippen LogP contribution >= 0.6 is 0 Å². The number of unbranched alkanes of at least 4 members (excludes halogenated alkanes) is 1. The van der Waals surface area contributed by atoms with E-state index in [1.807, 2.05) is 6.92 Å². The minimum absolute atomic E-state index is 0.0876. The summed E-state index contributed by atoms with van der Waals surface area (Å²) in [6.45, 7) is 3.67. The van der Waals surface area contributed by atoms with Crippen molar-refractivity contribution in [1.29, 1.82) is 0 Å². The molecule has 0 N–H and O–H groups in total. The van der Waals surface area contributed by atoms with Crippen molar-refractivity contribution in [3.05, 3.63) is 30.1 Å². The maximum absolute atomic E-state index is 13.0. The number of rotatable bonds is 5. The summed E-state index contributed by atoms with van der Waals surface area (Å²) in [6, 6.07) is 4.84. The Kier molecular flexibility index (Phi) is 6.12. The normalized spacial score (nSPS) is 17.0. The lowest BCUT2D eigenvalue weighted by molar-refractivity contribution is -0.131. The van der Waals surface area contributed by atoms with E-state index in [-0.39, 0.29) is 17.3 Å². The Morgan fingerprint density at radius 2 is 1.83 bits per heavy atom. The summed E-state index contributed by atoms with van der Waals surface area (Å²) >= 11 is 0. The molecule has 0 saturated carbocycles. The quantitative estimate of drug-likeness (QED) is 0.824.